The van der Waals surface area contributed by atoms with E-state index in [1.807, 2.05) is 52.1 Å². The first kappa shape index (κ1) is 19.3. The molecule has 2 unspecified atom stereocenters. The predicted octanol–water partition coefficient (Wildman–Crippen LogP) is 2.38. The fraction of sp³-hybridized carbons (Fsp3) is 0.526. The molecule has 1 N–H and O–H groups in total. The van der Waals surface area contributed by atoms with E-state index in [1.54, 1.807) is 0 Å². The van der Waals surface area contributed by atoms with Crippen LogP contribution in [0.15, 0.2) is 12.1 Å². The average molecular weight is 377 g/mol. The Kier molecular flexibility index (Phi) is 4.71. The number of benzene rings is 1. The monoisotopic (exact) mass is 377 g/mol. The summed E-state index contributed by atoms with van der Waals surface area (Å²) in [6.07, 6.45) is -2.35. The maximum absolute atomic E-state index is 13.8. The largest absolute Gasteiger partial charge is 0.326 e. The minimum atomic E-state index is -1.82. The molecule has 0 radical (unpaired) electrons. The van der Waals surface area contributed by atoms with Gasteiger partial charge >= 0.3 is 6.03 Å². The molecule has 1 aromatic rings. The summed E-state index contributed by atoms with van der Waals surface area (Å²) < 4.78 is 13.8. The molecule has 4 amide bonds. The van der Waals surface area contributed by atoms with Crippen LogP contribution in [0.3, 0.4) is 0 Å². The number of nitrogens with zero attached hydrogens (tertiary/aromatic N) is 2. The second-order valence-electron chi connectivity index (χ2n) is 7.86. The van der Waals surface area contributed by atoms with Gasteiger partial charge in [-0.05, 0) is 45.7 Å². The Morgan fingerprint density at radius 1 is 1.22 bits per heavy atom. The highest BCUT2D eigenvalue weighted by molar-refractivity contribution is 5.99. The molecule has 7 nitrogen and oxygen atoms in total. The van der Waals surface area contributed by atoms with E-state index in [2.05, 4.69) is 0 Å². The van der Waals surface area contributed by atoms with Gasteiger partial charge in [-0.25, -0.2) is 19.1 Å². The number of hydrogen-bond donors (Lipinski definition) is 1. The molecule has 0 bridgehead atoms. The minimum absolute atomic E-state index is 0.303. The molecule has 0 saturated carbocycles. The standard InChI is InChI=1S/C19H24FN3O4/c1-10-6-11(2)15(12(3)7-10)17(25)23-19(4,5)8-14(27-23)22-9-13(20)16(24)21-18(22)26/h6-7,13-14H,8-9H2,1-5H3,(H,21,24,26). The normalized spacial score (nSPS) is 25.0. The summed E-state index contributed by atoms with van der Waals surface area (Å²) in [6, 6.07) is 3.14. The Labute approximate surface area is 157 Å². The Bertz CT molecular complexity index is 800. The number of urea groups is 1. The van der Waals surface area contributed by atoms with Crippen molar-refractivity contribution in [1.29, 1.82) is 0 Å². The number of carbonyl (C=O) groups excluding carboxylic acids is 3. The first-order valence-corrected chi connectivity index (χ1v) is 8.86. The van der Waals surface area contributed by atoms with E-state index in [0.717, 1.165) is 21.6 Å². The van der Waals surface area contributed by atoms with Crippen molar-refractivity contribution >= 4 is 17.8 Å². The fourth-order valence-electron chi connectivity index (χ4n) is 3.76. The number of aryl methyl sites for hydroxylation is 3. The number of nitrogens with one attached hydrogen (secondary N) is 1. The molecule has 8 heteroatoms. The highest BCUT2D eigenvalue weighted by Gasteiger charge is 2.49. The summed E-state index contributed by atoms with van der Waals surface area (Å²) in [6.45, 7) is 8.95. The van der Waals surface area contributed by atoms with Crippen molar-refractivity contribution in [2.45, 2.75) is 59.0 Å². The summed E-state index contributed by atoms with van der Waals surface area (Å²) in [5, 5.41) is 3.24. The van der Waals surface area contributed by atoms with Gasteiger partial charge in [-0.1, -0.05) is 17.7 Å². The molecule has 146 valence electrons. The molecule has 0 aromatic heterocycles. The molecule has 2 saturated heterocycles. The number of hydrogen-bond acceptors (Lipinski definition) is 4. The topological polar surface area (TPSA) is 79.0 Å². The lowest BCUT2D eigenvalue weighted by Gasteiger charge is -2.32. The zero-order valence-electron chi connectivity index (χ0n) is 16.1. The Morgan fingerprint density at radius 2 is 1.81 bits per heavy atom. The van der Waals surface area contributed by atoms with Crippen LogP contribution in [0.2, 0.25) is 0 Å². The molecule has 2 atom stereocenters. The van der Waals surface area contributed by atoms with Crippen molar-refractivity contribution in [3.05, 3.63) is 34.4 Å². The first-order valence-electron chi connectivity index (χ1n) is 8.86. The van der Waals surface area contributed by atoms with Crippen molar-refractivity contribution in [2.24, 2.45) is 0 Å². The van der Waals surface area contributed by atoms with E-state index < -0.39 is 36.4 Å². The molecule has 27 heavy (non-hydrogen) atoms. The lowest BCUT2D eigenvalue weighted by molar-refractivity contribution is -0.175. The quantitative estimate of drug-likeness (QED) is 0.858. The smallest absolute Gasteiger partial charge is 0.292 e. The van der Waals surface area contributed by atoms with Crippen LogP contribution < -0.4 is 5.32 Å². The lowest BCUT2D eigenvalue weighted by Crippen LogP contribution is -2.58. The summed E-state index contributed by atoms with van der Waals surface area (Å²) in [7, 11) is 0. The highest BCUT2D eigenvalue weighted by atomic mass is 19.1. The van der Waals surface area contributed by atoms with Crippen molar-refractivity contribution in [1.82, 2.24) is 15.3 Å². The van der Waals surface area contributed by atoms with Gasteiger partial charge in [0.1, 0.15) is 0 Å². The third-order valence-electron chi connectivity index (χ3n) is 5.01. The van der Waals surface area contributed by atoms with Crippen LogP contribution in [0.4, 0.5) is 9.18 Å². The van der Waals surface area contributed by atoms with Crippen LogP contribution in [0.25, 0.3) is 0 Å². The van der Waals surface area contributed by atoms with Gasteiger partial charge in [-0.15, -0.1) is 0 Å². The van der Waals surface area contributed by atoms with Crippen molar-refractivity contribution < 1.29 is 23.6 Å². The van der Waals surface area contributed by atoms with Crippen LogP contribution in [-0.2, 0) is 9.63 Å². The molecule has 0 spiro atoms. The van der Waals surface area contributed by atoms with E-state index in [4.69, 9.17) is 4.84 Å². The third kappa shape index (κ3) is 3.41. The predicted molar refractivity (Wildman–Crippen MR) is 95.5 cm³/mol. The minimum Gasteiger partial charge on any atom is -0.292 e. The SMILES string of the molecule is Cc1cc(C)c(C(=O)N2OC(N3CC(F)C(=O)NC3=O)CC2(C)C)c(C)c1. The van der Waals surface area contributed by atoms with Crippen molar-refractivity contribution in [3.8, 4) is 0 Å². The number of alkyl halides is 1. The Hall–Kier alpha value is -2.48. The summed E-state index contributed by atoms with van der Waals surface area (Å²) >= 11 is 0. The van der Waals surface area contributed by atoms with E-state index in [0.29, 0.717) is 12.0 Å². The van der Waals surface area contributed by atoms with Gasteiger partial charge in [0.15, 0.2) is 12.4 Å². The maximum Gasteiger partial charge on any atom is 0.326 e. The molecule has 0 aliphatic carbocycles. The van der Waals surface area contributed by atoms with Gasteiger partial charge < -0.3 is 0 Å². The van der Waals surface area contributed by atoms with Gasteiger partial charge in [0.25, 0.3) is 11.8 Å². The molecule has 2 heterocycles. The second kappa shape index (κ2) is 6.60. The lowest BCUT2D eigenvalue weighted by atomic mass is 9.95. The molecule has 2 fully saturated rings. The van der Waals surface area contributed by atoms with Crippen LogP contribution >= 0.6 is 0 Å². The molecule has 3 rings (SSSR count). The van der Waals surface area contributed by atoms with Gasteiger partial charge in [0.2, 0.25) is 0 Å². The third-order valence-corrected chi connectivity index (χ3v) is 5.01. The summed E-state index contributed by atoms with van der Waals surface area (Å²) in [5.74, 6) is -1.25. The second-order valence-corrected chi connectivity index (χ2v) is 7.86. The zero-order valence-corrected chi connectivity index (χ0v) is 16.1. The Balaban J connectivity index is 1.86. The van der Waals surface area contributed by atoms with Crippen molar-refractivity contribution in [2.75, 3.05) is 6.54 Å². The Morgan fingerprint density at radius 3 is 2.41 bits per heavy atom. The number of halogens is 1. The van der Waals surface area contributed by atoms with Crippen LogP contribution in [0.1, 0.15) is 47.3 Å². The summed E-state index contributed by atoms with van der Waals surface area (Å²) in [4.78, 5) is 43.5. The van der Waals surface area contributed by atoms with E-state index in [1.165, 1.54) is 5.06 Å². The van der Waals surface area contributed by atoms with Gasteiger partial charge in [0.05, 0.1) is 12.1 Å². The molecular weight excluding hydrogens is 353 g/mol. The number of amides is 4. The number of rotatable bonds is 2. The number of carbonyl (C=O) groups is 3. The number of imide groups is 1. The molecular formula is C19H24FN3O4. The van der Waals surface area contributed by atoms with Crippen LogP contribution in [-0.4, -0.2) is 52.3 Å². The molecule has 1 aromatic carbocycles. The van der Waals surface area contributed by atoms with E-state index in [-0.39, 0.29) is 5.91 Å². The van der Waals surface area contributed by atoms with Gasteiger partial charge in [-0.2, -0.15) is 0 Å². The zero-order chi connectivity index (χ0) is 20.1. The number of hydroxylamine groups is 2. The average Bonchev–Trinajstić information content (AvgIpc) is 2.85. The van der Waals surface area contributed by atoms with Crippen LogP contribution in [0.5, 0.6) is 0 Å². The van der Waals surface area contributed by atoms with E-state index >= 15 is 0 Å². The molecule has 2 aliphatic rings. The highest BCUT2D eigenvalue weighted by Crippen LogP contribution is 2.35. The summed E-state index contributed by atoms with van der Waals surface area (Å²) in [5.41, 5.74) is 2.58. The van der Waals surface area contributed by atoms with Crippen molar-refractivity contribution in [3.63, 3.8) is 0 Å². The van der Waals surface area contributed by atoms with Gasteiger partial charge in [0, 0.05) is 12.0 Å². The maximum atomic E-state index is 13.8. The fourth-order valence-corrected chi connectivity index (χ4v) is 3.76. The molecule has 2 aliphatic heterocycles. The van der Waals surface area contributed by atoms with Gasteiger partial charge in [-0.3, -0.25) is 19.8 Å². The van der Waals surface area contributed by atoms with E-state index in [9.17, 15) is 18.8 Å². The first-order chi connectivity index (χ1) is 12.5. The van der Waals surface area contributed by atoms with Crippen LogP contribution in [0, 0.1) is 20.8 Å².